The van der Waals surface area contributed by atoms with Crippen LogP contribution in [0.2, 0.25) is 0 Å². The average Bonchev–Trinajstić information content (AvgIpc) is 3.12. The van der Waals surface area contributed by atoms with E-state index in [1.54, 1.807) is 0 Å². The van der Waals surface area contributed by atoms with Crippen molar-refractivity contribution in [1.82, 2.24) is 9.78 Å². The first kappa shape index (κ1) is 21.9. The molecular formula is C19H10F6N2O4. The quantitative estimate of drug-likeness (QED) is 0.555. The van der Waals surface area contributed by atoms with Crippen molar-refractivity contribution in [3.63, 3.8) is 0 Å². The van der Waals surface area contributed by atoms with Gasteiger partial charge in [-0.15, -0.1) is 0 Å². The van der Waals surface area contributed by atoms with Gasteiger partial charge in [0.25, 0.3) is 0 Å². The van der Waals surface area contributed by atoms with Crippen molar-refractivity contribution < 1.29 is 46.1 Å². The molecule has 2 N–H and O–H groups in total. The Balaban J connectivity index is 2.20. The topological polar surface area (TPSA) is 92.4 Å². The van der Waals surface area contributed by atoms with E-state index in [4.69, 9.17) is 5.11 Å². The number of alkyl halides is 6. The fourth-order valence-electron chi connectivity index (χ4n) is 2.72. The molecule has 0 spiro atoms. The molecule has 0 saturated heterocycles. The smallest absolute Gasteiger partial charge is 0.416 e. The predicted molar refractivity (Wildman–Crippen MR) is 92.9 cm³/mol. The van der Waals surface area contributed by atoms with E-state index in [0.717, 1.165) is 10.9 Å². The summed E-state index contributed by atoms with van der Waals surface area (Å²) >= 11 is 0. The van der Waals surface area contributed by atoms with E-state index in [1.165, 1.54) is 24.3 Å². The molecule has 1 aromatic heterocycles. The Morgan fingerprint density at radius 2 is 1.32 bits per heavy atom. The summed E-state index contributed by atoms with van der Waals surface area (Å²) in [6.45, 7) is 0. The number of aromatic carboxylic acids is 2. The number of rotatable bonds is 4. The molecule has 0 amide bonds. The van der Waals surface area contributed by atoms with Crippen LogP contribution in [0.15, 0.2) is 48.7 Å². The molecular weight excluding hydrogens is 434 g/mol. The lowest BCUT2D eigenvalue weighted by molar-refractivity contribution is -0.143. The highest BCUT2D eigenvalue weighted by Gasteiger charge is 2.37. The molecule has 0 aliphatic rings. The lowest BCUT2D eigenvalue weighted by atomic mass is 10.0. The Morgan fingerprint density at radius 3 is 1.74 bits per heavy atom. The second kappa shape index (κ2) is 7.45. The Hall–Kier alpha value is -3.83. The van der Waals surface area contributed by atoms with Crippen LogP contribution >= 0.6 is 0 Å². The van der Waals surface area contributed by atoms with Crippen LogP contribution in [0.1, 0.15) is 31.8 Å². The number of benzene rings is 2. The Labute approximate surface area is 169 Å². The molecule has 0 saturated carbocycles. The fraction of sp³-hybridized carbons (Fsp3) is 0.105. The van der Waals surface area contributed by atoms with Crippen LogP contribution in [0.3, 0.4) is 0 Å². The third-order valence-corrected chi connectivity index (χ3v) is 4.18. The Kier molecular flexibility index (Phi) is 5.26. The molecule has 0 atom stereocenters. The van der Waals surface area contributed by atoms with Crippen molar-refractivity contribution in [3.8, 4) is 16.9 Å². The maximum Gasteiger partial charge on any atom is 0.416 e. The molecule has 3 rings (SSSR count). The fourth-order valence-corrected chi connectivity index (χ4v) is 2.72. The van der Waals surface area contributed by atoms with Gasteiger partial charge in [0.05, 0.1) is 22.4 Å². The van der Waals surface area contributed by atoms with Crippen molar-refractivity contribution in [2.75, 3.05) is 0 Å². The Morgan fingerprint density at radius 1 is 0.806 bits per heavy atom. The third kappa shape index (κ3) is 4.52. The lowest BCUT2D eigenvalue weighted by Crippen LogP contribution is -2.11. The summed E-state index contributed by atoms with van der Waals surface area (Å²) in [6.07, 6.45) is -9.33. The van der Waals surface area contributed by atoms with Gasteiger partial charge in [0, 0.05) is 11.8 Å². The third-order valence-electron chi connectivity index (χ3n) is 4.18. The largest absolute Gasteiger partial charge is 0.478 e. The second-order valence-corrected chi connectivity index (χ2v) is 6.29. The van der Waals surface area contributed by atoms with E-state index >= 15 is 0 Å². The minimum absolute atomic E-state index is 0.0778. The SMILES string of the molecule is O=C(O)c1ccc(-n2cc(C(=O)O)c(-c3cc(C(F)(F)F)cc(C(F)(F)F)c3)n2)cc1. The van der Waals surface area contributed by atoms with E-state index in [2.05, 4.69) is 5.10 Å². The molecule has 0 aliphatic carbocycles. The van der Waals surface area contributed by atoms with Gasteiger partial charge in [0.15, 0.2) is 0 Å². The predicted octanol–water partition coefficient (Wildman–Crippen LogP) is 4.97. The molecule has 3 aromatic rings. The minimum Gasteiger partial charge on any atom is -0.478 e. The summed E-state index contributed by atoms with van der Waals surface area (Å²) in [5.41, 5.74) is -5.14. The van der Waals surface area contributed by atoms with E-state index in [0.29, 0.717) is 12.1 Å². The second-order valence-electron chi connectivity index (χ2n) is 6.29. The molecule has 6 nitrogen and oxygen atoms in total. The van der Waals surface area contributed by atoms with Gasteiger partial charge in [-0.25, -0.2) is 14.3 Å². The van der Waals surface area contributed by atoms with E-state index < -0.39 is 52.2 Å². The molecule has 0 unspecified atom stereocenters. The van der Waals surface area contributed by atoms with Gasteiger partial charge < -0.3 is 10.2 Å². The van der Waals surface area contributed by atoms with Crippen molar-refractivity contribution in [2.45, 2.75) is 12.4 Å². The van der Waals surface area contributed by atoms with Crippen LogP contribution in [0, 0.1) is 0 Å². The van der Waals surface area contributed by atoms with Gasteiger partial charge >= 0.3 is 24.3 Å². The van der Waals surface area contributed by atoms with Gasteiger partial charge in [0.1, 0.15) is 11.3 Å². The maximum atomic E-state index is 13.1. The van der Waals surface area contributed by atoms with Crippen LogP contribution in [0.4, 0.5) is 26.3 Å². The first-order chi connectivity index (χ1) is 14.3. The number of hydrogen-bond acceptors (Lipinski definition) is 3. The standard InChI is InChI=1S/C19H10F6N2O4/c20-18(21,22)11-5-10(6-12(7-11)19(23,24)25)15-14(17(30)31)8-27(26-15)13-3-1-9(2-4-13)16(28)29/h1-8H,(H,28,29)(H,30,31). The Bertz CT molecular complexity index is 1130. The highest BCUT2D eigenvalue weighted by atomic mass is 19.4. The lowest BCUT2D eigenvalue weighted by Gasteiger charge is -2.13. The van der Waals surface area contributed by atoms with Crippen LogP contribution in [-0.2, 0) is 12.4 Å². The van der Waals surface area contributed by atoms with Gasteiger partial charge in [-0.05, 0) is 42.5 Å². The maximum absolute atomic E-state index is 13.1. The zero-order valence-corrected chi connectivity index (χ0v) is 15.0. The normalized spacial score (nSPS) is 12.1. The first-order valence-corrected chi connectivity index (χ1v) is 8.24. The number of hydrogen-bond donors (Lipinski definition) is 2. The summed E-state index contributed by atoms with van der Waals surface area (Å²) in [6, 6.07) is 5.52. The van der Waals surface area contributed by atoms with Crippen molar-refractivity contribution >= 4 is 11.9 Å². The van der Waals surface area contributed by atoms with Crippen LogP contribution in [0.25, 0.3) is 16.9 Å². The minimum atomic E-state index is -5.12. The summed E-state index contributed by atoms with van der Waals surface area (Å²) in [7, 11) is 0. The average molecular weight is 444 g/mol. The number of aromatic nitrogens is 2. The van der Waals surface area contributed by atoms with Crippen LogP contribution in [-0.4, -0.2) is 31.9 Å². The molecule has 1 heterocycles. The van der Waals surface area contributed by atoms with Crippen molar-refractivity contribution in [1.29, 1.82) is 0 Å². The van der Waals surface area contributed by atoms with Gasteiger partial charge in [0.2, 0.25) is 0 Å². The van der Waals surface area contributed by atoms with Crippen molar-refractivity contribution in [3.05, 3.63) is 70.9 Å². The van der Waals surface area contributed by atoms with E-state index in [-0.39, 0.29) is 17.3 Å². The summed E-state index contributed by atoms with van der Waals surface area (Å²) < 4.78 is 79.7. The zero-order valence-electron chi connectivity index (χ0n) is 15.0. The summed E-state index contributed by atoms with van der Waals surface area (Å²) in [5.74, 6) is -2.86. The van der Waals surface area contributed by atoms with E-state index in [1.807, 2.05) is 0 Å². The number of carboxylic acid groups (broad SMARTS) is 2. The molecule has 12 heteroatoms. The molecule has 0 bridgehead atoms. The van der Waals surface area contributed by atoms with Crippen LogP contribution in [0.5, 0.6) is 0 Å². The van der Waals surface area contributed by atoms with Gasteiger partial charge in [-0.3, -0.25) is 0 Å². The highest BCUT2D eigenvalue weighted by Crippen LogP contribution is 2.39. The molecule has 2 aromatic carbocycles. The number of carboxylic acids is 2. The number of halogens is 6. The van der Waals surface area contributed by atoms with Crippen LogP contribution < -0.4 is 0 Å². The van der Waals surface area contributed by atoms with Gasteiger partial charge in [-0.2, -0.15) is 31.4 Å². The molecule has 162 valence electrons. The van der Waals surface area contributed by atoms with Gasteiger partial charge in [-0.1, -0.05) is 0 Å². The molecule has 0 fully saturated rings. The number of carbonyl (C=O) groups is 2. The number of nitrogens with zero attached hydrogens (tertiary/aromatic N) is 2. The molecule has 0 aliphatic heterocycles. The highest BCUT2D eigenvalue weighted by molar-refractivity contribution is 5.95. The summed E-state index contributed by atoms with van der Waals surface area (Å²) in [4.78, 5) is 22.5. The summed E-state index contributed by atoms with van der Waals surface area (Å²) in [5, 5.41) is 22.1. The first-order valence-electron chi connectivity index (χ1n) is 8.24. The monoisotopic (exact) mass is 444 g/mol. The zero-order chi connectivity index (χ0) is 23.1. The molecule has 31 heavy (non-hydrogen) atoms. The molecule has 0 radical (unpaired) electrons. The van der Waals surface area contributed by atoms with E-state index in [9.17, 15) is 41.0 Å². The van der Waals surface area contributed by atoms with Crippen molar-refractivity contribution in [2.24, 2.45) is 0 Å².